The summed E-state index contributed by atoms with van der Waals surface area (Å²) in [5, 5.41) is 9.91. The molecule has 3 rings (SSSR count). The van der Waals surface area contributed by atoms with Crippen LogP contribution in [0, 0.1) is 5.92 Å². The molecule has 0 saturated carbocycles. The molecule has 0 heterocycles. The molecule has 1 heteroatoms. The largest absolute Gasteiger partial charge is 0.508 e. The molecular weight excluding hydrogens is 244 g/mol. The van der Waals surface area contributed by atoms with E-state index in [1.54, 1.807) is 0 Å². The molecular formula is C19H24O. The lowest BCUT2D eigenvalue weighted by atomic mass is 9.68. The van der Waals surface area contributed by atoms with Gasteiger partial charge in [0.2, 0.25) is 0 Å². The Morgan fingerprint density at radius 2 is 1.90 bits per heavy atom. The van der Waals surface area contributed by atoms with Crippen molar-refractivity contribution in [2.24, 2.45) is 5.92 Å². The zero-order valence-corrected chi connectivity index (χ0v) is 12.9. The van der Waals surface area contributed by atoms with Crippen LogP contribution in [-0.4, -0.2) is 5.11 Å². The fraction of sp³-hybridized carbons (Fsp3) is 0.474. The minimum Gasteiger partial charge on any atom is -0.508 e. The van der Waals surface area contributed by atoms with Gasteiger partial charge in [0.05, 0.1) is 0 Å². The summed E-state index contributed by atoms with van der Waals surface area (Å²) >= 11 is 0. The minimum absolute atomic E-state index is 0.116. The summed E-state index contributed by atoms with van der Waals surface area (Å²) in [7, 11) is 0. The van der Waals surface area contributed by atoms with E-state index in [2.05, 4.69) is 52.0 Å². The van der Waals surface area contributed by atoms with Gasteiger partial charge in [-0.3, -0.25) is 0 Å². The summed E-state index contributed by atoms with van der Waals surface area (Å²) in [6.07, 6.45) is 9.19. The van der Waals surface area contributed by atoms with Gasteiger partial charge >= 0.3 is 0 Å². The number of hydrogen-bond donors (Lipinski definition) is 1. The van der Waals surface area contributed by atoms with Gasteiger partial charge in [0.1, 0.15) is 5.75 Å². The number of fused-ring (bicyclic) bond motifs is 1. The van der Waals surface area contributed by atoms with Crippen LogP contribution < -0.4 is 0 Å². The van der Waals surface area contributed by atoms with Crippen LogP contribution in [0.2, 0.25) is 0 Å². The van der Waals surface area contributed by atoms with Crippen molar-refractivity contribution in [1.29, 1.82) is 0 Å². The lowest BCUT2D eigenvalue weighted by Crippen LogP contribution is -2.31. The molecule has 0 amide bonds. The second kappa shape index (κ2) is 4.25. The predicted octanol–water partition coefficient (Wildman–Crippen LogP) is 4.85. The van der Waals surface area contributed by atoms with Gasteiger partial charge in [0.25, 0.3) is 0 Å². The summed E-state index contributed by atoms with van der Waals surface area (Å²) in [6.45, 7) is 9.17. The fourth-order valence-corrected chi connectivity index (χ4v) is 4.23. The van der Waals surface area contributed by atoms with Crippen LogP contribution in [0.4, 0.5) is 0 Å². The summed E-state index contributed by atoms with van der Waals surface area (Å²) in [4.78, 5) is 0. The average Bonchev–Trinajstić information content (AvgIpc) is 2.58. The molecule has 0 radical (unpaired) electrons. The van der Waals surface area contributed by atoms with E-state index in [9.17, 15) is 5.11 Å². The van der Waals surface area contributed by atoms with Gasteiger partial charge in [0.15, 0.2) is 0 Å². The number of allylic oxidation sites excluding steroid dienone is 4. The molecule has 0 bridgehead atoms. The van der Waals surface area contributed by atoms with E-state index in [-0.39, 0.29) is 10.8 Å². The van der Waals surface area contributed by atoms with Gasteiger partial charge in [-0.2, -0.15) is 0 Å². The lowest BCUT2D eigenvalue weighted by Gasteiger charge is -2.35. The van der Waals surface area contributed by atoms with Crippen LogP contribution in [0.1, 0.15) is 51.7 Å². The highest BCUT2D eigenvalue weighted by atomic mass is 16.3. The Bertz CT molecular complexity index is 606. The third kappa shape index (κ3) is 1.91. The standard InChI is InChI=1S/C19H24O/c1-13-5-7-14(8-6-13)19(4)12-18(2,3)16-10-9-15(20)11-17(16)19/h5-7,9-11,14,20H,8,12H2,1-4H3. The van der Waals surface area contributed by atoms with Crippen molar-refractivity contribution in [1.82, 2.24) is 0 Å². The summed E-state index contributed by atoms with van der Waals surface area (Å²) in [5.41, 5.74) is 4.40. The van der Waals surface area contributed by atoms with Crippen molar-refractivity contribution in [3.05, 3.63) is 53.1 Å². The molecule has 2 aliphatic rings. The second-order valence-corrected chi connectivity index (χ2v) is 7.36. The fourth-order valence-electron chi connectivity index (χ4n) is 4.23. The van der Waals surface area contributed by atoms with Gasteiger partial charge in [-0.1, -0.05) is 50.6 Å². The van der Waals surface area contributed by atoms with Gasteiger partial charge in [-0.05, 0) is 54.4 Å². The number of rotatable bonds is 1. The van der Waals surface area contributed by atoms with Crippen molar-refractivity contribution in [3.8, 4) is 5.75 Å². The molecule has 1 aromatic rings. The Hall–Kier alpha value is -1.50. The monoisotopic (exact) mass is 268 g/mol. The molecule has 0 aliphatic heterocycles. The highest BCUT2D eigenvalue weighted by molar-refractivity contribution is 5.50. The summed E-state index contributed by atoms with van der Waals surface area (Å²) < 4.78 is 0. The molecule has 1 aromatic carbocycles. The Balaban J connectivity index is 2.08. The maximum absolute atomic E-state index is 9.91. The molecule has 20 heavy (non-hydrogen) atoms. The third-order valence-electron chi connectivity index (χ3n) is 5.26. The Morgan fingerprint density at radius 3 is 2.55 bits per heavy atom. The molecule has 1 N–H and O–H groups in total. The highest BCUT2D eigenvalue weighted by Gasteiger charge is 2.48. The van der Waals surface area contributed by atoms with E-state index in [0.717, 1.165) is 12.8 Å². The van der Waals surface area contributed by atoms with Crippen LogP contribution in [0.25, 0.3) is 0 Å². The highest BCUT2D eigenvalue weighted by Crippen LogP contribution is 2.55. The normalized spacial score (nSPS) is 31.0. The predicted molar refractivity (Wildman–Crippen MR) is 84.1 cm³/mol. The number of phenols is 1. The van der Waals surface area contributed by atoms with E-state index in [4.69, 9.17) is 0 Å². The SMILES string of the molecule is CC1=CCC(C2(C)CC(C)(C)c3ccc(O)cc32)C=C1. The topological polar surface area (TPSA) is 20.2 Å². The molecule has 106 valence electrons. The number of phenolic OH excluding ortho intramolecular Hbond substituents is 1. The smallest absolute Gasteiger partial charge is 0.115 e. The molecule has 0 fully saturated rings. The molecule has 1 nitrogen and oxygen atoms in total. The second-order valence-electron chi connectivity index (χ2n) is 7.36. The van der Waals surface area contributed by atoms with E-state index in [1.165, 1.54) is 16.7 Å². The summed E-state index contributed by atoms with van der Waals surface area (Å²) in [5.74, 6) is 0.910. The average molecular weight is 268 g/mol. The van der Waals surface area contributed by atoms with Crippen molar-refractivity contribution < 1.29 is 5.11 Å². The van der Waals surface area contributed by atoms with Crippen LogP contribution in [0.15, 0.2) is 42.0 Å². The number of hydrogen-bond acceptors (Lipinski definition) is 1. The van der Waals surface area contributed by atoms with Gasteiger partial charge in [0, 0.05) is 5.41 Å². The number of aromatic hydroxyl groups is 1. The van der Waals surface area contributed by atoms with Crippen molar-refractivity contribution in [3.63, 3.8) is 0 Å². The molecule has 2 atom stereocenters. The van der Waals surface area contributed by atoms with Crippen LogP contribution in [-0.2, 0) is 10.8 Å². The molecule has 0 aromatic heterocycles. The first-order chi connectivity index (χ1) is 9.33. The van der Waals surface area contributed by atoms with Crippen LogP contribution in [0.3, 0.4) is 0 Å². The van der Waals surface area contributed by atoms with Gasteiger partial charge in [-0.15, -0.1) is 0 Å². The first-order valence-corrected chi connectivity index (χ1v) is 7.52. The molecule has 2 unspecified atom stereocenters. The third-order valence-corrected chi connectivity index (χ3v) is 5.26. The van der Waals surface area contributed by atoms with Crippen molar-refractivity contribution in [2.45, 2.75) is 51.4 Å². The van der Waals surface area contributed by atoms with Crippen molar-refractivity contribution in [2.75, 3.05) is 0 Å². The minimum atomic E-state index is 0.116. The first-order valence-electron chi connectivity index (χ1n) is 7.52. The molecule has 0 saturated heterocycles. The Labute approximate surface area is 122 Å². The maximum Gasteiger partial charge on any atom is 0.115 e. The maximum atomic E-state index is 9.91. The lowest BCUT2D eigenvalue weighted by molar-refractivity contribution is 0.296. The summed E-state index contributed by atoms with van der Waals surface area (Å²) in [6, 6.07) is 5.93. The van der Waals surface area contributed by atoms with E-state index >= 15 is 0 Å². The molecule has 2 aliphatic carbocycles. The zero-order chi connectivity index (χ0) is 14.5. The van der Waals surface area contributed by atoms with Crippen LogP contribution in [0.5, 0.6) is 5.75 Å². The van der Waals surface area contributed by atoms with E-state index in [1.807, 2.05) is 12.1 Å². The molecule has 0 spiro atoms. The first kappa shape index (κ1) is 13.5. The van der Waals surface area contributed by atoms with Crippen molar-refractivity contribution >= 4 is 0 Å². The van der Waals surface area contributed by atoms with E-state index < -0.39 is 0 Å². The van der Waals surface area contributed by atoms with Crippen LogP contribution >= 0.6 is 0 Å². The quantitative estimate of drug-likeness (QED) is 0.771. The van der Waals surface area contributed by atoms with Gasteiger partial charge < -0.3 is 5.11 Å². The van der Waals surface area contributed by atoms with Gasteiger partial charge in [-0.25, -0.2) is 0 Å². The Morgan fingerprint density at radius 1 is 1.15 bits per heavy atom. The number of benzene rings is 1. The Kier molecular flexibility index (Phi) is 2.86. The zero-order valence-electron chi connectivity index (χ0n) is 12.9. The van der Waals surface area contributed by atoms with E-state index in [0.29, 0.717) is 11.7 Å².